The average molecular weight is 1340 g/mol. The number of aromatic nitrogens is 2. The Bertz CT molecular complexity index is 3120. The van der Waals surface area contributed by atoms with Gasteiger partial charge in [0.05, 0.1) is 18.8 Å². The van der Waals surface area contributed by atoms with Gasteiger partial charge in [0.15, 0.2) is 5.96 Å². The molecule has 3 aromatic rings. The molecule has 0 saturated carbocycles. The summed E-state index contributed by atoms with van der Waals surface area (Å²) < 4.78 is 0. The summed E-state index contributed by atoms with van der Waals surface area (Å²) in [6.07, 6.45) is 6.03. The second-order valence-electron chi connectivity index (χ2n) is 24.9. The zero-order valence-corrected chi connectivity index (χ0v) is 55.8. The lowest BCUT2D eigenvalue weighted by atomic mass is 10.00. The SMILES string of the molecule is CSCCC(N)C(=O)N1CCCC1C(=O)NC(Cc1cnc[nH]1)C(=O)NC(Cc1ccccc1)C(=O)NC(C)C(=O)NC(CC(N)=O)C(=O)NC(CC(C)C)C(=O)N1CCCC1C(=O)NC(CC(C)C)C(=O)NC(CCCN=C(N)N)C(=O)NC(Cc1ccccc1)C(N)=O. The van der Waals surface area contributed by atoms with Gasteiger partial charge in [0.2, 0.25) is 70.9 Å². The number of primary amides is 2. The molecule has 12 amide bonds. The van der Waals surface area contributed by atoms with E-state index < -0.39 is 138 Å². The van der Waals surface area contributed by atoms with Gasteiger partial charge >= 0.3 is 0 Å². The number of nitrogens with one attached hydrogen (secondary N) is 9. The molecule has 31 heteroatoms. The normalized spacial score (nSPS) is 17.3. The highest BCUT2D eigenvalue weighted by Crippen LogP contribution is 2.23. The van der Waals surface area contributed by atoms with Crippen molar-refractivity contribution in [2.75, 3.05) is 31.6 Å². The van der Waals surface area contributed by atoms with Crippen molar-refractivity contribution in [3.05, 3.63) is 90.0 Å². The van der Waals surface area contributed by atoms with Gasteiger partial charge < -0.3 is 86.0 Å². The quantitative estimate of drug-likeness (QED) is 0.0166. The molecular weight excluding hydrogens is 1240 g/mol. The highest BCUT2D eigenvalue weighted by molar-refractivity contribution is 7.98. The van der Waals surface area contributed by atoms with E-state index in [1.165, 1.54) is 41.0 Å². The lowest BCUT2D eigenvalue weighted by Gasteiger charge is -2.32. The minimum atomic E-state index is -1.69. The van der Waals surface area contributed by atoms with Crippen molar-refractivity contribution in [2.24, 2.45) is 45.5 Å². The maximum atomic E-state index is 14.7. The molecular formula is C64H96N18O12S. The maximum absolute atomic E-state index is 14.7. The van der Waals surface area contributed by atoms with Crippen LogP contribution < -0.4 is 71.2 Å². The molecule has 0 aliphatic carbocycles. The van der Waals surface area contributed by atoms with Crippen molar-refractivity contribution in [3.8, 4) is 0 Å². The van der Waals surface area contributed by atoms with E-state index >= 15 is 0 Å². The summed E-state index contributed by atoms with van der Waals surface area (Å²) in [6.45, 7) is 9.00. The number of nitrogens with zero attached hydrogens (tertiary/aromatic N) is 4. The molecule has 5 rings (SSSR count). The molecule has 0 bridgehead atoms. The molecule has 3 heterocycles. The zero-order valence-electron chi connectivity index (χ0n) is 54.9. The molecule has 0 spiro atoms. The van der Waals surface area contributed by atoms with E-state index in [9.17, 15) is 57.5 Å². The number of aliphatic imine (C=N–C) groups is 1. The number of aromatic amines is 1. The minimum Gasteiger partial charge on any atom is -0.370 e. The standard InChI is InChI=1S/C64H96N18O12S/c1-36(2)28-45(57(88)74-43(20-13-24-71-64(68)69)55(86)75-44(53(67)84)30-39-16-9-7-10-17-39)78-61(92)51-22-15-26-82(51)63(94)49(29-37(3)4)80-59(90)48(33-52(66)83)76-54(85)38(5)73-56(87)46(31-40-18-11-8-12-19-40)77-58(89)47(32-41-34-70-35-72-41)79-60(91)50-21-14-25-81(50)62(93)42(65)23-27-95-6/h7-12,16-19,34-38,42-51H,13-15,20-33,65H2,1-6H3,(H2,66,83)(H2,67,84)(H,70,72)(H,73,87)(H,74,88)(H,75,86)(H,76,85)(H,77,89)(H,78,92)(H,79,91)(H,80,90)(H4,68,69,71). The Labute approximate surface area is 557 Å². The molecule has 2 fully saturated rings. The lowest BCUT2D eigenvalue weighted by molar-refractivity contribution is -0.143. The van der Waals surface area contributed by atoms with Crippen LogP contribution in [0, 0.1) is 11.8 Å². The smallest absolute Gasteiger partial charge is 0.245 e. The third-order valence-corrected chi connectivity index (χ3v) is 16.8. The molecule has 2 saturated heterocycles. The van der Waals surface area contributed by atoms with E-state index in [1.54, 1.807) is 74.5 Å². The lowest BCUT2D eigenvalue weighted by Crippen LogP contribution is -2.61. The van der Waals surface area contributed by atoms with Crippen molar-refractivity contribution >= 4 is 88.6 Å². The van der Waals surface area contributed by atoms with Crippen LogP contribution in [-0.4, -0.2) is 195 Å². The van der Waals surface area contributed by atoms with Gasteiger partial charge in [0.1, 0.15) is 60.4 Å². The van der Waals surface area contributed by atoms with Gasteiger partial charge in [-0.25, -0.2) is 4.98 Å². The molecule has 0 radical (unpaired) electrons. The topological polar surface area (TPSA) is 479 Å². The fourth-order valence-corrected chi connectivity index (χ4v) is 11.7. The molecule has 30 nitrogen and oxygen atoms in total. The number of imidazole rings is 1. The number of benzene rings is 2. The van der Waals surface area contributed by atoms with Gasteiger partial charge in [-0.3, -0.25) is 62.5 Å². The van der Waals surface area contributed by atoms with Crippen LogP contribution in [0.15, 0.2) is 78.2 Å². The molecule has 2 aliphatic heterocycles. The van der Waals surface area contributed by atoms with Crippen molar-refractivity contribution < 1.29 is 57.5 Å². The summed E-state index contributed by atoms with van der Waals surface area (Å²) in [5.41, 5.74) is 30.4. The van der Waals surface area contributed by atoms with E-state index in [1.807, 2.05) is 20.1 Å². The van der Waals surface area contributed by atoms with E-state index in [0.29, 0.717) is 49.2 Å². The number of nitrogens with two attached hydrogens (primary N) is 5. The summed E-state index contributed by atoms with van der Waals surface area (Å²) in [5.74, 6) is -9.17. The van der Waals surface area contributed by atoms with E-state index in [-0.39, 0.29) is 88.2 Å². The van der Waals surface area contributed by atoms with Gasteiger partial charge in [-0.05, 0) is 99.7 Å². The van der Waals surface area contributed by atoms with E-state index in [2.05, 4.69) is 57.5 Å². The van der Waals surface area contributed by atoms with Crippen LogP contribution in [0.3, 0.4) is 0 Å². The number of thioether (sulfide) groups is 1. The Hall–Kier alpha value is -9.13. The van der Waals surface area contributed by atoms with Gasteiger partial charge in [0.25, 0.3) is 0 Å². The van der Waals surface area contributed by atoms with Crippen molar-refractivity contribution in [1.82, 2.24) is 62.3 Å². The second kappa shape index (κ2) is 38.3. The molecule has 1 aromatic heterocycles. The van der Waals surface area contributed by atoms with Crippen molar-refractivity contribution in [1.29, 1.82) is 0 Å². The molecule has 2 aliphatic rings. The Morgan fingerprint density at radius 1 is 0.568 bits per heavy atom. The average Bonchev–Trinajstić information content (AvgIpc) is 1.68. The summed E-state index contributed by atoms with van der Waals surface area (Å²) in [6, 6.07) is 3.88. The molecule has 95 heavy (non-hydrogen) atoms. The molecule has 520 valence electrons. The monoisotopic (exact) mass is 1340 g/mol. The number of amides is 12. The fraction of sp³-hybridized carbons (Fsp3) is 0.562. The Morgan fingerprint density at radius 2 is 1.04 bits per heavy atom. The van der Waals surface area contributed by atoms with Gasteiger partial charge in [-0.15, -0.1) is 0 Å². The predicted molar refractivity (Wildman–Crippen MR) is 356 cm³/mol. The summed E-state index contributed by atoms with van der Waals surface area (Å²) >= 11 is 1.54. The highest BCUT2D eigenvalue weighted by Gasteiger charge is 2.42. The van der Waals surface area contributed by atoms with Crippen LogP contribution in [0.4, 0.5) is 0 Å². The number of carbonyl (C=O) groups is 12. The first kappa shape index (κ1) is 76.6. The third-order valence-electron chi connectivity index (χ3n) is 16.1. The highest BCUT2D eigenvalue weighted by atomic mass is 32.2. The number of guanidine groups is 1. The number of rotatable bonds is 38. The second-order valence-corrected chi connectivity index (χ2v) is 25.9. The fourth-order valence-electron chi connectivity index (χ4n) is 11.2. The van der Waals surface area contributed by atoms with Crippen molar-refractivity contribution in [3.63, 3.8) is 0 Å². The van der Waals surface area contributed by atoms with Gasteiger partial charge in [-0.2, -0.15) is 11.8 Å². The minimum absolute atomic E-state index is 0.0135. The number of H-pyrrole nitrogens is 1. The Kier molecular flexibility index (Phi) is 30.9. The molecule has 19 N–H and O–H groups in total. The van der Waals surface area contributed by atoms with Crippen LogP contribution >= 0.6 is 11.8 Å². The largest absolute Gasteiger partial charge is 0.370 e. The molecule has 11 unspecified atom stereocenters. The Morgan fingerprint density at radius 3 is 1.58 bits per heavy atom. The van der Waals surface area contributed by atoms with Crippen LogP contribution in [0.2, 0.25) is 0 Å². The van der Waals surface area contributed by atoms with Crippen LogP contribution in [0.5, 0.6) is 0 Å². The first-order valence-electron chi connectivity index (χ1n) is 32.1. The van der Waals surface area contributed by atoms with Gasteiger partial charge in [0, 0.05) is 50.8 Å². The number of likely N-dealkylation sites (tertiary alicyclic amines) is 2. The summed E-state index contributed by atoms with van der Waals surface area (Å²) in [7, 11) is 0. The first-order chi connectivity index (χ1) is 45.1. The number of hydrogen-bond acceptors (Lipinski definition) is 16. The zero-order chi connectivity index (χ0) is 69.9. The van der Waals surface area contributed by atoms with E-state index in [0.717, 1.165) is 5.56 Å². The molecule has 11 atom stereocenters. The van der Waals surface area contributed by atoms with Crippen LogP contribution in [-0.2, 0) is 76.8 Å². The van der Waals surface area contributed by atoms with Crippen LogP contribution in [0.25, 0.3) is 0 Å². The summed E-state index contributed by atoms with van der Waals surface area (Å²) in [5, 5.41) is 21.4. The third kappa shape index (κ3) is 24.9. The van der Waals surface area contributed by atoms with Gasteiger partial charge in [-0.1, -0.05) is 88.4 Å². The number of carbonyl (C=O) groups excluding carboxylic acids is 12. The first-order valence-corrected chi connectivity index (χ1v) is 33.5. The maximum Gasteiger partial charge on any atom is 0.245 e. The molecule has 2 aromatic carbocycles. The number of hydrogen-bond donors (Lipinski definition) is 14. The summed E-state index contributed by atoms with van der Waals surface area (Å²) in [4.78, 5) is 181. The van der Waals surface area contributed by atoms with Crippen molar-refractivity contribution in [2.45, 2.75) is 185 Å². The predicted octanol–water partition coefficient (Wildman–Crippen LogP) is -2.10. The van der Waals surface area contributed by atoms with Crippen LogP contribution in [0.1, 0.15) is 116 Å². The Balaban J connectivity index is 1.29. The van der Waals surface area contributed by atoms with E-state index in [4.69, 9.17) is 28.7 Å².